The molecule has 20 heavy (non-hydrogen) atoms. The van der Waals surface area contributed by atoms with Gasteiger partial charge < -0.3 is 5.32 Å². The number of hydrogen-bond donors (Lipinski definition) is 1. The maximum absolute atomic E-state index is 4.51. The van der Waals surface area contributed by atoms with E-state index < -0.39 is 0 Å². The third kappa shape index (κ3) is 3.64. The highest BCUT2D eigenvalue weighted by Gasteiger charge is 2.20. The Balaban J connectivity index is 1.49. The van der Waals surface area contributed by atoms with Crippen LogP contribution in [0.4, 0.5) is 0 Å². The molecule has 1 aromatic carbocycles. The lowest BCUT2D eigenvalue weighted by molar-refractivity contribution is 0.638. The van der Waals surface area contributed by atoms with E-state index in [1.54, 1.807) is 0 Å². The van der Waals surface area contributed by atoms with Gasteiger partial charge in [0.05, 0.1) is 12.7 Å². The average molecular weight is 287 g/mol. The van der Waals surface area contributed by atoms with Crippen LogP contribution in [0.1, 0.15) is 24.1 Å². The van der Waals surface area contributed by atoms with Crippen molar-refractivity contribution >= 4 is 11.8 Å². The SMILES string of the molecule is Cc1c(CNC2CC2)cnn1CCSc1ccccc1. The molecule has 0 aliphatic heterocycles. The minimum absolute atomic E-state index is 0.756. The van der Waals surface area contributed by atoms with Gasteiger partial charge in [-0.25, -0.2) is 0 Å². The smallest absolute Gasteiger partial charge is 0.0537 e. The van der Waals surface area contributed by atoms with Gasteiger partial charge in [0.15, 0.2) is 0 Å². The molecule has 1 fully saturated rings. The molecule has 0 bridgehead atoms. The zero-order valence-electron chi connectivity index (χ0n) is 11.9. The van der Waals surface area contributed by atoms with Crippen LogP contribution in [0.2, 0.25) is 0 Å². The van der Waals surface area contributed by atoms with Crippen LogP contribution < -0.4 is 5.32 Å². The normalized spacial score (nSPS) is 14.7. The summed E-state index contributed by atoms with van der Waals surface area (Å²) in [7, 11) is 0. The van der Waals surface area contributed by atoms with E-state index in [4.69, 9.17) is 0 Å². The average Bonchev–Trinajstić information content (AvgIpc) is 3.24. The van der Waals surface area contributed by atoms with Crippen LogP contribution in [0.15, 0.2) is 41.4 Å². The van der Waals surface area contributed by atoms with Crippen LogP contribution in [0.5, 0.6) is 0 Å². The molecule has 2 aromatic rings. The molecule has 1 heterocycles. The third-order valence-corrected chi connectivity index (χ3v) is 4.67. The lowest BCUT2D eigenvalue weighted by Gasteiger charge is -2.06. The summed E-state index contributed by atoms with van der Waals surface area (Å²) in [5.74, 6) is 1.06. The molecule has 4 heteroatoms. The zero-order valence-corrected chi connectivity index (χ0v) is 12.7. The summed E-state index contributed by atoms with van der Waals surface area (Å²) in [5, 5.41) is 8.06. The van der Waals surface area contributed by atoms with Gasteiger partial charge in [0.2, 0.25) is 0 Å². The Kier molecular flexibility index (Phi) is 4.43. The van der Waals surface area contributed by atoms with Crippen molar-refractivity contribution in [1.29, 1.82) is 0 Å². The van der Waals surface area contributed by atoms with Gasteiger partial charge in [-0.2, -0.15) is 5.10 Å². The van der Waals surface area contributed by atoms with Gasteiger partial charge >= 0.3 is 0 Å². The number of rotatable bonds is 7. The van der Waals surface area contributed by atoms with E-state index in [2.05, 4.69) is 52.4 Å². The first kappa shape index (κ1) is 13.7. The standard InChI is InChI=1S/C16H21N3S/c1-13-14(11-17-15-7-8-15)12-18-19(13)9-10-20-16-5-3-2-4-6-16/h2-6,12,15,17H,7-11H2,1H3. The quantitative estimate of drug-likeness (QED) is 0.793. The second-order valence-electron chi connectivity index (χ2n) is 5.30. The van der Waals surface area contributed by atoms with Crippen molar-refractivity contribution in [3.63, 3.8) is 0 Å². The predicted octanol–water partition coefficient (Wildman–Crippen LogP) is 3.24. The lowest BCUT2D eigenvalue weighted by Crippen LogP contribution is -2.16. The van der Waals surface area contributed by atoms with Crippen molar-refractivity contribution in [2.75, 3.05) is 5.75 Å². The van der Waals surface area contributed by atoms with Crippen LogP contribution in [0.25, 0.3) is 0 Å². The summed E-state index contributed by atoms with van der Waals surface area (Å²) >= 11 is 1.89. The summed E-state index contributed by atoms with van der Waals surface area (Å²) in [4.78, 5) is 1.33. The third-order valence-electron chi connectivity index (χ3n) is 3.68. The Morgan fingerprint density at radius 3 is 2.85 bits per heavy atom. The molecule has 1 aromatic heterocycles. The second-order valence-corrected chi connectivity index (χ2v) is 6.46. The Morgan fingerprint density at radius 2 is 2.10 bits per heavy atom. The molecular formula is C16H21N3S. The molecule has 0 saturated heterocycles. The molecule has 0 radical (unpaired) electrons. The second kappa shape index (κ2) is 6.46. The lowest BCUT2D eigenvalue weighted by atomic mass is 10.2. The van der Waals surface area contributed by atoms with Gasteiger partial charge in [0.1, 0.15) is 0 Å². The zero-order chi connectivity index (χ0) is 13.8. The molecule has 0 spiro atoms. The van der Waals surface area contributed by atoms with Gasteiger partial charge in [-0.3, -0.25) is 4.68 Å². The van der Waals surface area contributed by atoms with Crippen molar-refractivity contribution in [3.05, 3.63) is 47.8 Å². The molecule has 0 amide bonds. The van der Waals surface area contributed by atoms with E-state index in [-0.39, 0.29) is 0 Å². The molecule has 1 saturated carbocycles. The molecule has 1 aliphatic carbocycles. The molecule has 106 valence electrons. The maximum atomic E-state index is 4.51. The van der Waals surface area contributed by atoms with Gasteiger partial charge in [-0.15, -0.1) is 11.8 Å². The van der Waals surface area contributed by atoms with Crippen molar-refractivity contribution in [1.82, 2.24) is 15.1 Å². The number of aryl methyl sites for hydroxylation is 1. The van der Waals surface area contributed by atoms with Crippen LogP contribution in [-0.4, -0.2) is 21.6 Å². The number of benzene rings is 1. The monoisotopic (exact) mass is 287 g/mol. The van der Waals surface area contributed by atoms with E-state index in [1.165, 1.54) is 29.0 Å². The van der Waals surface area contributed by atoms with Crippen molar-refractivity contribution in [2.24, 2.45) is 0 Å². The largest absolute Gasteiger partial charge is 0.310 e. The molecule has 0 atom stereocenters. The van der Waals surface area contributed by atoms with E-state index >= 15 is 0 Å². The molecule has 3 rings (SSSR count). The number of nitrogens with zero attached hydrogens (tertiary/aromatic N) is 2. The van der Waals surface area contributed by atoms with Gasteiger partial charge in [0.25, 0.3) is 0 Å². The Bertz CT molecular complexity index is 546. The molecule has 1 aliphatic rings. The fraction of sp³-hybridized carbons (Fsp3) is 0.438. The fourth-order valence-electron chi connectivity index (χ4n) is 2.19. The summed E-state index contributed by atoms with van der Waals surface area (Å²) in [6.07, 6.45) is 4.68. The van der Waals surface area contributed by atoms with E-state index in [1.807, 2.05) is 18.0 Å². The Morgan fingerprint density at radius 1 is 1.30 bits per heavy atom. The number of thioether (sulfide) groups is 1. The molecular weight excluding hydrogens is 266 g/mol. The van der Waals surface area contributed by atoms with Crippen LogP contribution in [0.3, 0.4) is 0 Å². The topological polar surface area (TPSA) is 29.9 Å². The van der Waals surface area contributed by atoms with E-state index in [0.29, 0.717) is 0 Å². The van der Waals surface area contributed by atoms with Gasteiger partial charge in [-0.1, -0.05) is 18.2 Å². The Labute approximate surface area is 124 Å². The minimum atomic E-state index is 0.756. The van der Waals surface area contributed by atoms with E-state index in [9.17, 15) is 0 Å². The van der Waals surface area contributed by atoms with Crippen LogP contribution in [-0.2, 0) is 13.1 Å². The minimum Gasteiger partial charge on any atom is -0.310 e. The van der Waals surface area contributed by atoms with Gasteiger partial charge in [-0.05, 0) is 31.9 Å². The summed E-state index contributed by atoms with van der Waals surface area (Å²) in [5.41, 5.74) is 2.63. The summed E-state index contributed by atoms with van der Waals surface area (Å²) in [6.45, 7) is 4.10. The predicted molar refractivity (Wildman–Crippen MR) is 84.0 cm³/mol. The number of aromatic nitrogens is 2. The van der Waals surface area contributed by atoms with E-state index in [0.717, 1.165) is 24.9 Å². The van der Waals surface area contributed by atoms with Crippen LogP contribution >= 0.6 is 11.8 Å². The fourth-order valence-corrected chi connectivity index (χ4v) is 3.04. The van der Waals surface area contributed by atoms with Crippen molar-refractivity contribution < 1.29 is 0 Å². The highest BCUT2D eigenvalue weighted by atomic mass is 32.2. The summed E-state index contributed by atoms with van der Waals surface area (Å²) < 4.78 is 2.12. The number of nitrogens with one attached hydrogen (secondary N) is 1. The highest BCUT2D eigenvalue weighted by molar-refractivity contribution is 7.99. The van der Waals surface area contributed by atoms with Crippen molar-refractivity contribution in [3.8, 4) is 0 Å². The van der Waals surface area contributed by atoms with Crippen LogP contribution in [0, 0.1) is 6.92 Å². The highest BCUT2D eigenvalue weighted by Crippen LogP contribution is 2.20. The maximum Gasteiger partial charge on any atom is 0.0537 e. The number of hydrogen-bond acceptors (Lipinski definition) is 3. The van der Waals surface area contributed by atoms with Gasteiger partial charge in [0, 0.05) is 34.5 Å². The molecule has 0 unspecified atom stereocenters. The first-order valence-corrected chi connectivity index (χ1v) is 8.24. The first-order chi connectivity index (χ1) is 9.83. The summed E-state index contributed by atoms with van der Waals surface area (Å²) in [6, 6.07) is 11.3. The molecule has 1 N–H and O–H groups in total. The first-order valence-electron chi connectivity index (χ1n) is 7.25. The Hall–Kier alpha value is -1.26. The van der Waals surface area contributed by atoms with Crippen molar-refractivity contribution in [2.45, 2.75) is 43.8 Å². The molecule has 3 nitrogen and oxygen atoms in total.